The van der Waals surface area contributed by atoms with E-state index in [-0.39, 0.29) is 47.0 Å². The van der Waals surface area contributed by atoms with E-state index >= 15 is 8.78 Å². The molecular formula is C55H52F2N4S6Se2. The quantitative estimate of drug-likeness (QED) is 0.0804. The third-order valence-corrected chi connectivity index (χ3v) is 23.6. The van der Waals surface area contributed by atoms with E-state index in [0.29, 0.717) is 34.0 Å². The summed E-state index contributed by atoms with van der Waals surface area (Å²) in [6.07, 6.45) is 11.3. The number of aromatic nitrogens is 4. The van der Waals surface area contributed by atoms with Crippen LogP contribution in [0.5, 0.6) is 0 Å². The molecule has 1 aliphatic carbocycles. The predicted molar refractivity (Wildman–Crippen MR) is 298 cm³/mol. The Bertz CT molecular complexity index is 3240. The van der Waals surface area contributed by atoms with E-state index in [1.54, 1.807) is 80.2 Å². The number of hydrogen-bond donors (Lipinski definition) is 0. The molecule has 14 heteroatoms. The Hall–Kier alpha value is -3.26. The van der Waals surface area contributed by atoms with E-state index in [9.17, 15) is 0 Å². The molecule has 2 unspecified atom stereocenters. The number of fused-ring (bicyclic) bond motifs is 5. The van der Waals surface area contributed by atoms with Gasteiger partial charge in [-0.3, -0.25) is 0 Å². The van der Waals surface area contributed by atoms with E-state index in [0.717, 1.165) is 80.2 Å². The van der Waals surface area contributed by atoms with Crippen LogP contribution in [-0.4, -0.2) is 45.8 Å². The number of benzene rings is 2. The molecular weight excluding hydrogens is 1100 g/mol. The Balaban J connectivity index is 1.07. The Morgan fingerprint density at radius 3 is 1.26 bits per heavy atom. The van der Waals surface area contributed by atoms with Crippen LogP contribution in [0.2, 0.25) is 0 Å². The minimum atomic E-state index is -0.362. The first kappa shape index (κ1) is 48.0. The summed E-state index contributed by atoms with van der Waals surface area (Å²) in [7, 11) is 0. The Morgan fingerprint density at radius 1 is 0.478 bits per heavy atom. The molecule has 2 aromatic carbocycles. The number of nitrogens with zero attached hydrogens (tertiary/aromatic N) is 4. The van der Waals surface area contributed by atoms with Gasteiger partial charge >= 0.3 is 430 Å². The summed E-state index contributed by atoms with van der Waals surface area (Å²) in [6, 6.07) is 25.3. The van der Waals surface area contributed by atoms with Crippen molar-refractivity contribution in [1.82, 2.24) is 15.9 Å². The molecule has 1 aliphatic rings. The number of halogens is 2. The second kappa shape index (κ2) is 20.0. The van der Waals surface area contributed by atoms with Crippen LogP contribution in [0.4, 0.5) is 8.78 Å². The zero-order valence-electron chi connectivity index (χ0n) is 39.5. The number of aryl methyl sites for hydroxylation is 2. The monoisotopic (exact) mass is 1160 g/mol. The van der Waals surface area contributed by atoms with Crippen molar-refractivity contribution < 1.29 is 8.78 Å². The molecule has 0 saturated carbocycles. The van der Waals surface area contributed by atoms with Crippen molar-refractivity contribution in [1.29, 1.82) is 0 Å². The van der Waals surface area contributed by atoms with Gasteiger partial charge in [0.05, 0.1) is 0 Å². The van der Waals surface area contributed by atoms with Crippen molar-refractivity contribution in [2.45, 2.75) is 111 Å². The number of hydrogen-bond acceptors (Lipinski definition) is 10. The second-order valence-electron chi connectivity index (χ2n) is 18.7. The predicted octanol–water partition coefficient (Wildman–Crippen LogP) is 18.4. The first-order valence-electron chi connectivity index (χ1n) is 24.1. The molecule has 0 bridgehead atoms. The van der Waals surface area contributed by atoms with E-state index in [1.165, 1.54) is 75.8 Å². The van der Waals surface area contributed by atoms with Gasteiger partial charge in [-0.1, -0.05) is 13.8 Å². The zero-order chi connectivity index (χ0) is 47.6. The molecule has 0 N–H and O–H groups in total. The van der Waals surface area contributed by atoms with Crippen LogP contribution in [0, 0.1) is 37.3 Å². The van der Waals surface area contributed by atoms with Gasteiger partial charge in [0.15, 0.2) is 0 Å². The third kappa shape index (κ3) is 8.74. The van der Waals surface area contributed by atoms with Crippen molar-refractivity contribution in [3.63, 3.8) is 0 Å². The van der Waals surface area contributed by atoms with Crippen LogP contribution in [0.3, 0.4) is 0 Å². The van der Waals surface area contributed by atoms with E-state index in [2.05, 4.69) is 102 Å². The molecule has 0 fully saturated rings. The van der Waals surface area contributed by atoms with Gasteiger partial charge < -0.3 is 0 Å². The van der Waals surface area contributed by atoms with Gasteiger partial charge in [-0.15, -0.1) is 0 Å². The van der Waals surface area contributed by atoms with Crippen LogP contribution in [0.15, 0.2) is 72.8 Å². The maximum absolute atomic E-state index is 17.3. The van der Waals surface area contributed by atoms with Crippen molar-refractivity contribution >= 4 is 120 Å². The van der Waals surface area contributed by atoms with Gasteiger partial charge in [0.2, 0.25) is 0 Å². The molecule has 0 saturated heterocycles. The minimum absolute atomic E-state index is 0.253. The van der Waals surface area contributed by atoms with Crippen LogP contribution < -0.4 is 0 Å². The molecule has 0 aliphatic heterocycles. The van der Waals surface area contributed by atoms with Crippen molar-refractivity contribution in [2.24, 2.45) is 11.8 Å². The summed E-state index contributed by atoms with van der Waals surface area (Å²) in [5.74, 6) is 0.513. The fraction of sp³-hybridized carbons (Fsp3) is 0.345. The number of unbranched alkanes of at least 4 members (excludes halogenated alkanes) is 2. The van der Waals surface area contributed by atoms with Gasteiger partial charge in [-0.25, -0.2) is 0 Å². The Morgan fingerprint density at radius 2 is 0.870 bits per heavy atom. The molecule has 69 heavy (non-hydrogen) atoms. The fourth-order valence-corrected chi connectivity index (χ4v) is 19.8. The van der Waals surface area contributed by atoms with Crippen LogP contribution in [0.25, 0.3) is 93.1 Å². The van der Waals surface area contributed by atoms with Crippen LogP contribution >= 0.6 is 68.0 Å². The number of rotatable bonds is 18. The molecule has 354 valence electrons. The molecule has 10 aromatic rings. The zero-order valence-corrected chi connectivity index (χ0v) is 47.8. The average molecular weight is 1160 g/mol. The molecule has 8 aromatic heterocycles. The Labute approximate surface area is 440 Å². The molecule has 0 radical (unpaired) electrons. The van der Waals surface area contributed by atoms with E-state index < -0.39 is 0 Å². The van der Waals surface area contributed by atoms with Gasteiger partial charge in [0, 0.05) is 0 Å². The van der Waals surface area contributed by atoms with Crippen molar-refractivity contribution in [2.75, 3.05) is 0 Å². The normalized spacial score (nSPS) is 14.1. The summed E-state index contributed by atoms with van der Waals surface area (Å²) in [5, 5.41) is 0. The topological polar surface area (TPSA) is 51.6 Å². The van der Waals surface area contributed by atoms with E-state index in [1.807, 2.05) is 0 Å². The molecule has 4 nitrogen and oxygen atoms in total. The molecule has 11 rings (SSSR count). The summed E-state index contributed by atoms with van der Waals surface area (Å²) in [6.45, 7) is 13.5. The van der Waals surface area contributed by atoms with Gasteiger partial charge in [0.25, 0.3) is 0 Å². The van der Waals surface area contributed by atoms with Gasteiger partial charge in [-0.05, 0) is 0 Å². The van der Waals surface area contributed by atoms with Crippen molar-refractivity contribution in [3.05, 3.63) is 105 Å². The molecule has 2 atom stereocenters. The summed E-state index contributed by atoms with van der Waals surface area (Å²) >= 11 is 9.62. The molecule has 0 amide bonds. The van der Waals surface area contributed by atoms with Crippen LogP contribution in [-0.2, 0) is 5.41 Å². The van der Waals surface area contributed by atoms with Crippen LogP contribution in [0.1, 0.15) is 113 Å². The molecule has 0 spiro atoms. The molecule has 8 heterocycles. The summed E-state index contributed by atoms with van der Waals surface area (Å²) in [4.78, 5) is 13.6. The second-order valence-corrected chi connectivity index (χ2v) is 27.7. The third-order valence-electron chi connectivity index (χ3n) is 14.2. The first-order valence-corrected chi connectivity index (χ1v) is 32.1. The van der Waals surface area contributed by atoms with Crippen molar-refractivity contribution in [3.8, 4) is 71.0 Å². The number of thiophene rings is 6. The average Bonchev–Trinajstić information content (AvgIpc) is 4.19. The fourth-order valence-electron chi connectivity index (χ4n) is 10.6. The summed E-state index contributed by atoms with van der Waals surface area (Å²) in [5.41, 5.74) is 8.09. The first-order chi connectivity index (χ1) is 33.6. The maximum atomic E-state index is 17.3. The van der Waals surface area contributed by atoms with Gasteiger partial charge in [-0.2, -0.15) is 0 Å². The van der Waals surface area contributed by atoms with E-state index in [4.69, 9.17) is 15.9 Å². The van der Waals surface area contributed by atoms with Gasteiger partial charge in [0.1, 0.15) is 0 Å². The SMILES string of the molecule is CCCCC(CC)CC1(CC(CC)CCCC)c2cc(-c3c(F)cc(-c4ccc(-c5ccc(C)s5)s4)c4n[se]nc34)sc2-c2sc(-c3c(F)cc(-c4ccc(-c5ccc(C)s5)s4)c4n[se]nc34)cc21. The Kier molecular flexibility index (Phi) is 13.9. The standard InChI is InChI=1S/C55H52F2N4S6Se2/c1-7-11-13-31(9-3)27-55(28-32(10-4)14-12-8-2)35-25-45(47-37(56)23-33(49-51(47)60-68-58-49)39-19-21-43(64-39)41-17-15-29(5)62-41)66-53(35)54-36(55)26-46(67-54)48-38(57)24-34(50-52(48)61-69-59-50)40-20-22-44(65-40)42-18-16-30(6)63-42/h15-26,31-32H,7-14,27-28H2,1-6H3. The summed E-state index contributed by atoms with van der Waals surface area (Å²) < 4.78 is 54.5.